The van der Waals surface area contributed by atoms with Gasteiger partial charge in [0.1, 0.15) is 0 Å². The number of hydrogen-bond acceptors (Lipinski definition) is 2. The van der Waals surface area contributed by atoms with Gasteiger partial charge in [0.2, 0.25) is 0 Å². The van der Waals surface area contributed by atoms with Crippen LogP contribution >= 0.6 is 0 Å². The van der Waals surface area contributed by atoms with E-state index in [0.29, 0.717) is 0 Å². The standard InChI is InChI=1S/C4H4F6IO2/c5-3(6,7)1-12-11-13-2-4(8,9)10/h1-2H2/q-1. The summed E-state index contributed by atoms with van der Waals surface area (Å²) in [5.74, 6) is 0. The summed E-state index contributed by atoms with van der Waals surface area (Å²) >= 11 is -1.95. The number of hydrogen-bond donors (Lipinski definition) is 0. The molecule has 0 radical (unpaired) electrons. The second-order valence-corrected chi connectivity index (χ2v) is 3.41. The van der Waals surface area contributed by atoms with E-state index in [4.69, 9.17) is 0 Å². The van der Waals surface area contributed by atoms with Crippen LogP contribution in [0.3, 0.4) is 0 Å². The van der Waals surface area contributed by atoms with E-state index >= 15 is 0 Å². The molecule has 0 rings (SSSR count). The van der Waals surface area contributed by atoms with Gasteiger partial charge in [-0.1, -0.05) is 0 Å². The van der Waals surface area contributed by atoms with Crippen LogP contribution in [-0.4, -0.2) is 25.6 Å². The fourth-order valence-electron chi connectivity index (χ4n) is 0.200. The molecule has 0 amide bonds. The van der Waals surface area contributed by atoms with Crippen molar-refractivity contribution in [3.8, 4) is 0 Å². The van der Waals surface area contributed by atoms with E-state index in [1.54, 1.807) is 0 Å². The van der Waals surface area contributed by atoms with Crippen LogP contribution in [0.1, 0.15) is 0 Å². The molecule has 0 saturated heterocycles. The Bertz CT molecular complexity index is 127. The van der Waals surface area contributed by atoms with Gasteiger partial charge in [-0.05, 0) is 0 Å². The molecular formula is C4H4F6IO2-. The Kier molecular flexibility index (Phi) is 5.29. The second-order valence-electron chi connectivity index (χ2n) is 1.80. The van der Waals surface area contributed by atoms with Gasteiger partial charge in [0.05, 0.1) is 0 Å². The molecule has 9 heteroatoms. The predicted molar refractivity (Wildman–Crippen MR) is 24.0 cm³/mol. The van der Waals surface area contributed by atoms with Gasteiger partial charge in [0.15, 0.2) is 0 Å². The summed E-state index contributed by atoms with van der Waals surface area (Å²) in [6.45, 7) is -3.14. The van der Waals surface area contributed by atoms with Crippen molar-refractivity contribution in [1.29, 1.82) is 0 Å². The molecule has 0 aromatic carbocycles. The van der Waals surface area contributed by atoms with E-state index in [2.05, 4.69) is 6.13 Å². The molecule has 0 saturated carbocycles. The van der Waals surface area contributed by atoms with Crippen LogP contribution in [0.5, 0.6) is 0 Å². The molecule has 0 spiro atoms. The van der Waals surface area contributed by atoms with Crippen molar-refractivity contribution in [2.45, 2.75) is 12.4 Å². The summed E-state index contributed by atoms with van der Waals surface area (Å²) in [7, 11) is 0. The maximum absolute atomic E-state index is 11.3. The molecule has 0 heterocycles. The summed E-state index contributed by atoms with van der Waals surface area (Å²) in [5, 5.41) is 0. The van der Waals surface area contributed by atoms with Gasteiger partial charge in [-0.15, -0.1) is 0 Å². The Balaban J connectivity index is 3.28. The molecule has 0 aliphatic rings. The van der Waals surface area contributed by atoms with E-state index < -0.39 is 47.6 Å². The molecule has 13 heavy (non-hydrogen) atoms. The van der Waals surface area contributed by atoms with Gasteiger partial charge in [-0.25, -0.2) is 0 Å². The first-order valence-corrected chi connectivity index (χ1v) is 4.49. The monoisotopic (exact) mass is 325 g/mol. The Morgan fingerprint density at radius 1 is 0.769 bits per heavy atom. The number of halogens is 7. The molecule has 0 aliphatic heterocycles. The third kappa shape index (κ3) is 12.2. The Labute approximate surface area is 80.5 Å². The van der Waals surface area contributed by atoms with Crippen molar-refractivity contribution < 1.29 is 54.5 Å². The van der Waals surface area contributed by atoms with Crippen LogP contribution in [0, 0.1) is 0 Å². The maximum atomic E-state index is 11.3. The predicted octanol–water partition coefficient (Wildman–Crippen LogP) is -0.937. The normalized spacial score (nSPS) is 13.7. The quantitative estimate of drug-likeness (QED) is 0.378. The van der Waals surface area contributed by atoms with Crippen LogP contribution in [-0.2, 0) is 6.13 Å². The van der Waals surface area contributed by atoms with Gasteiger partial charge in [-0.2, -0.15) is 0 Å². The van der Waals surface area contributed by atoms with Crippen LogP contribution in [0.15, 0.2) is 0 Å². The summed E-state index contributed by atoms with van der Waals surface area (Å²) in [6, 6.07) is 0. The van der Waals surface area contributed by atoms with Gasteiger partial charge < -0.3 is 0 Å². The van der Waals surface area contributed by atoms with Gasteiger partial charge >= 0.3 is 80.1 Å². The molecule has 0 aromatic rings. The summed E-state index contributed by atoms with van der Waals surface area (Å²) in [6.07, 6.45) is -9.05. The SMILES string of the molecule is FC(F)(F)CO[I-]OCC(F)(F)F. The first-order valence-electron chi connectivity index (χ1n) is 2.73. The molecule has 0 aliphatic carbocycles. The molecule has 0 N–H and O–H groups in total. The zero-order chi connectivity index (χ0) is 10.5. The Morgan fingerprint density at radius 2 is 1.08 bits per heavy atom. The minimum absolute atomic E-state index is 1.57. The fraction of sp³-hybridized carbons (Fsp3) is 1.00. The summed E-state index contributed by atoms with van der Waals surface area (Å²) in [4.78, 5) is 0. The molecule has 0 aromatic heterocycles. The molecule has 82 valence electrons. The van der Waals surface area contributed by atoms with E-state index in [0.717, 1.165) is 0 Å². The minimum atomic E-state index is -4.53. The van der Waals surface area contributed by atoms with Gasteiger partial charge in [0.25, 0.3) is 0 Å². The van der Waals surface area contributed by atoms with E-state index in [-0.39, 0.29) is 0 Å². The van der Waals surface area contributed by atoms with Crippen LogP contribution in [0.2, 0.25) is 0 Å². The first-order chi connectivity index (χ1) is 5.71. The molecule has 0 unspecified atom stereocenters. The molecular weight excluding hydrogens is 321 g/mol. The van der Waals surface area contributed by atoms with E-state index in [9.17, 15) is 26.3 Å². The topological polar surface area (TPSA) is 18.5 Å². The number of rotatable bonds is 4. The molecule has 0 bridgehead atoms. The van der Waals surface area contributed by atoms with E-state index in [1.807, 2.05) is 0 Å². The van der Waals surface area contributed by atoms with Crippen LogP contribution in [0.4, 0.5) is 26.3 Å². The Hall–Kier alpha value is 0.230. The van der Waals surface area contributed by atoms with E-state index in [1.165, 1.54) is 0 Å². The van der Waals surface area contributed by atoms with Gasteiger partial charge in [0, 0.05) is 0 Å². The van der Waals surface area contributed by atoms with Crippen molar-refractivity contribution in [2.75, 3.05) is 13.2 Å². The van der Waals surface area contributed by atoms with Crippen molar-refractivity contribution in [3.05, 3.63) is 0 Å². The zero-order valence-electron chi connectivity index (χ0n) is 5.88. The average molecular weight is 325 g/mol. The zero-order valence-corrected chi connectivity index (χ0v) is 8.03. The average Bonchev–Trinajstić information content (AvgIpc) is 1.81. The van der Waals surface area contributed by atoms with Gasteiger partial charge in [-0.3, -0.25) is 0 Å². The summed E-state index contributed by atoms with van der Waals surface area (Å²) in [5.41, 5.74) is 0. The Morgan fingerprint density at radius 3 is 1.31 bits per heavy atom. The van der Waals surface area contributed by atoms with Crippen molar-refractivity contribution >= 4 is 0 Å². The second kappa shape index (κ2) is 5.20. The van der Waals surface area contributed by atoms with Crippen LogP contribution in [0.25, 0.3) is 0 Å². The molecule has 0 atom stereocenters. The molecule has 0 fully saturated rings. The van der Waals surface area contributed by atoms with Crippen LogP contribution < -0.4 is 22.0 Å². The number of alkyl halides is 6. The third-order valence-corrected chi connectivity index (χ3v) is 1.66. The van der Waals surface area contributed by atoms with Crippen molar-refractivity contribution in [3.63, 3.8) is 0 Å². The molecule has 2 nitrogen and oxygen atoms in total. The first kappa shape index (κ1) is 13.2. The van der Waals surface area contributed by atoms with Crippen molar-refractivity contribution in [1.82, 2.24) is 0 Å². The van der Waals surface area contributed by atoms with Crippen molar-refractivity contribution in [2.24, 2.45) is 0 Å². The summed E-state index contributed by atoms with van der Waals surface area (Å²) < 4.78 is 75.7. The fourth-order valence-corrected chi connectivity index (χ4v) is 1.34. The third-order valence-electron chi connectivity index (χ3n) is 0.526.